The maximum Gasteiger partial charge on any atom is 0.224 e. The number of fused-ring (bicyclic) bond motifs is 1. The Bertz CT molecular complexity index is 418. The summed E-state index contributed by atoms with van der Waals surface area (Å²) in [5.41, 5.74) is 9.12. The summed E-state index contributed by atoms with van der Waals surface area (Å²) < 4.78 is 0. The van der Waals surface area contributed by atoms with Gasteiger partial charge in [-0.3, -0.25) is 4.79 Å². The molecule has 1 amide bonds. The van der Waals surface area contributed by atoms with Crippen molar-refractivity contribution in [2.24, 2.45) is 0 Å². The van der Waals surface area contributed by atoms with E-state index in [4.69, 9.17) is 10.8 Å². The number of aliphatic hydroxyl groups excluding tert-OH is 1. The van der Waals surface area contributed by atoms with Gasteiger partial charge in [0.2, 0.25) is 5.91 Å². The molecule has 2 rings (SSSR count). The van der Waals surface area contributed by atoms with Gasteiger partial charge in [0.05, 0.1) is 18.0 Å². The average Bonchev–Trinajstić information content (AvgIpc) is 2.27. The molecule has 0 saturated heterocycles. The molecule has 1 heterocycles. The minimum atomic E-state index is 0.0328. The second-order valence-corrected chi connectivity index (χ2v) is 3.80. The zero-order chi connectivity index (χ0) is 11.5. The van der Waals surface area contributed by atoms with E-state index < -0.39 is 0 Å². The molecule has 0 aromatic heterocycles. The molecule has 5 nitrogen and oxygen atoms in total. The molecule has 0 spiro atoms. The molecule has 0 atom stereocenters. The largest absolute Gasteiger partial charge is 0.397 e. The summed E-state index contributed by atoms with van der Waals surface area (Å²) in [5, 5.41) is 14.5. The first-order chi connectivity index (χ1) is 7.70. The van der Waals surface area contributed by atoms with E-state index in [1.807, 2.05) is 12.1 Å². The van der Waals surface area contributed by atoms with Crippen LogP contribution < -0.4 is 16.4 Å². The lowest BCUT2D eigenvalue weighted by molar-refractivity contribution is -0.116. The van der Waals surface area contributed by atoms with Crippen LogP contribution in [0.15, 0.2) is 12.1 Å². The number of hydrogen-bond acceptors (Lipinski definition) is 4. The summed E-state index contributed by atoms with van der Waals surface area (Å²) in [5.74, 6) is 0.0328. The molecule has 16 heavy (non-hydrogen) atoms. The average molecular weight is 221 g/mol. The van der Waals surface area contributed by atoms with Crippen LogP contribution in [0.25, 0.3) is 0 Å². The number of nitrogen functional groups attached to an aromatic ring is 1. The standard InChI is InChI=1S/C11H15N3O2/c12-8-5-7-1-2-11(16)14-9(7)6-10(8)13-3-4-15/h5-6,13,15H,1-4,12H2,(H,14,16). The fourth-order valence-electron chi connectivity index (χ4n) is 1.79. The van der Waals surface area contributed by atoms with Gasteiger partial charge in [0.1, 0.15) is 0 Å². The lowest BCUT2D eigenvalue weighted by Crippen LogP contribution is -2.19. The maximum atomic E-state index is 11.2. The second-order valence-electron chi connectivity index (χ2n) is 3.80. The van der Waals surface area contributed by atoms with Crippen molar-refractivity contribution in [2.75, 3.05) is 29.5 Å². The molecule has 5 N–H and O–H groups in total. The van der Waals surface area contributed by atoms with Crippen LogP contribution in [-0.2, 0) is 11.2 Å². The topological polar surface area (TPSA) is 87.4 Å². The molecule has 0 radical (unpaired) electrons. The van der Waals surface area contributed by atoms with Crippen LogP contribution >= 0.6 is 0 Å². The van der Waals surface area contributed by atoms with Gasteiger partial charge in [-0.2, -0.15) is 0 Å². The number of anilines is 3. The van der Waals surface area contributed by atoms with Crippen molar-refractivity contribution in [3.8, 4) is 0 Å². The Morgan fingerprint density at radius 1 is 1.44 bits per heavy atom. The molecule has 1 aromatic rings. The van der Waals surface area contributed by atoms with E-state index in [0.29, 0.717) is 18.7 Å². The summed E-state index contributed by atoms with van der Waals surface area (Å²) in [6, 6.07) is 3.69. The van der Waals surface area contributed by atoms with Crippen molar-refractivity contribution < 1.29 is 9.90 Å². The fraction of sp³-hybridized carbons (Fsp3) is 0.364. The number of aliphatic hydroxyl groups is 1. The number of nitrogens with one attached hydrogen (secondary N) is 2. The van der Waals surface area contributed by atoms with E-state index in [-0.39, 0.29) is 12.5 Å². The van der Waals surface area contributed by atoms with E-state index in [1.54, 1.807) is 0 Å². The molecular formula is C11H15N3O2. The molecule has 1 aliphatic heterocycles. The normalized spacial score (nSPS) is 14.2. The molecule has 0 saturated carbocycles. The van der Waals surface area contributed by atoms with E-state index in [0.717, 1.165) is 23.4 Å². The van der Waals surface area contributed by atoms with Crippen LogP contribution in [0.2, 0.25) is 0 Å². The van der Waals surface area contributed by atoms with Gasteiger partial charge < -0.3 is 21.5 Å². The van der Waals surface area contributed by atoms with Crippen LogP contribution in [0.3, 0.4) is 0 Å². The van der Waals surface area contributed by atoms with Gasteiger partial charge in [-0.05, 0) is 24.1 Å². The van der Waals surface area contributed by atoms with E-state index in [9.17, 15) is 4.79 Å². The van der Waals surface area contributed by atoms with Crippen molar-refractivity contribution in [3.05, 3.63) is 17.7 Å². The lowest BCUT2D eigenvalue weighted by Gasteiger charge is -2.19. The van der Waals surface area contributed by atoms with Crippen LogP contribution in [0.4, 0.5) is 17.1 Å². The van der Waals surface area contributed by atoms with Gasteiger partial charge in [0.25, 0.3) is 0 Å². The second kappa shape index (κ2) is 4.40. The highest BCUT2D eigenvalue weighted by molar-refractivity contribution is 5.95. The number of benzene rings is 1. The first-order valence-electron chi connectivity index (χ1n) is 5.27. The van der Waals surface area contributed by atoms with Gasteiger partial charge in [-0.1, -0.05) is 0 Å². The van der Waals surface area contributed by atoms with Gasteiger partial charge in [0, 0.05) is 18.7 Å². The summed E-state index contributed by atoms with van der Waals surface area (Å²) in [4.78, 5) is 11.2. The van der Waals surface area contributed by atoms with Gasteiger partial charge in [0.15, 0.2) is 0 Å². The third kappa shape index (κ3) is 2.09. The monoisotopic (exact) mass is 221 g/mol. The molecule has 1 aromatic carbocycles. The van der Waals surface area contributed by atoms with Crippen LogP contribution in [-0.4, -0.2) is 24.2 Å². The van der Waals surface area contributed by atoms with Gasteiger partial charge in [-0.25, -0.2) is 0 Å². The molecule has 5 heteroatoms. The Balaban J connectivity index is 2.27. The quantitative estimate of drug-likeness (QED) is 0.562. The van der Waals surface area contributed by atoms with Crippen LogP contribution in [0, 0.1) is 0 Å². The zero-order valence-electron chi connectivity index (χ0n) is 8.92. The number of aryl methyl sites for hydroxylation is 1. The summed E-state index contributed by atoms with van der Waals surface area (Å²) in [7, 11) is 0. The molecule has 0 bridgehead atoms. The minimum Gasteiger partial charge on any atom is -0.397 e. The van der Waals surface area contributed by atoms with Crippen molar-refractivity contribution in [3.63, 3.8) is 0 Å². The molecule has 1 aliphatic rings. The van der Waals surface area contributed by atoms with Crippen LogP contribution in [0.1, 0.15) is 12.0 Å². The SMILES string of the molecule is Nc1cc2c(cc1NCCO)NC(=O)CC2. The summed E-state index contributed by atoms with van der Waals surface area (Å²) >= 11 is 0. The Morgan fingerprint density at radius 2 is 2.25 bits per heavy atom. The van der Waals surface area contributed by atoms with E-state index in [2.05, 4.69) is 10.6 Å². The first-order valence-corrected chi connectivity index (χ1v) is 5.27. The highest BCUT2D eigenvalue weighted by atomic mass is 16.3. The van der Waals surface area contributed by atoms with Crippen molar-refractivity contribution in [1.29, 1.82) is 0 Å². The number of carbonyl (C=O) groups excluding carboxylic acids is 1. The third-order valence-corrected chi connectivity index (χ3v) is 2.60. The maximum absolute atomic E-state index is 11.2. The predicted molar refractivity (Wildman–Crippen MR) is 63.4 cm³/mol. The van der Waals surface area contributed by atoms with E-state index in [1.165, 1.54) is 0 Å². The Labute approximate surface area is 93.6 Å². The number of hydrogen-bond donors (Lipinski definition) is 4. The molecule has 0 fully saturated rings. The van der Waals surface area contributed by atoms with Gasteiger partial charge in [-0.15, -0.1) is 0 Å². The summed E-state index contributed by atoms with van der Waals surface area (Å²) in [6.07, 6.45) is 1.24. The minimum absolute atomic E-state index is 0.0328. The molecular weight excluding hydrogens is 206 g/mol. The number of amides is 1. The summed E-state index contributed by atoms with van der Waals surface area (Å²) in [6.45, 7) is 0.486. The van der Waals surface area contributed by atoms with Crippen molar-refractivity contribution >= 4 is 23.0 Å². The number of carbonyl (C=O) groups is 1. The highest BCUT2D eigenvalue weighted by Gasteiger charge is 2.16. The Hall–Kier alpha value is -1.75. The third-order valence-electron chi connectivity index (χ3n) is 2.60. The fourth-order valence-corrected chi connectivity index (χ4v) is 1.79. The van der Waals surface area contributed by atoms with E-state index >= 15 is 0 Å². The highest BCUT2D eigenvalue weighted by Crippen LogP contribution is 2.30. The molecule has 0 unspecified atom stereocenters. The van der Waals surface area contributed by atoms with Crippen LogP contribution in [0.5, 0.6) is 0 Å². The predicted octanol–water partition coefficient (Wildman–Crippen LogP) is 0.558. The van der Waals surface area contributed by atoms with Gasteiger partial charge >= 0.3 is 0 Å². The van der Waals surface area contributed by atoms with Crippen molar-refractivity contribution in [1.82, 2.24) is 0 Å². The lowest BCUT2D eigenvalue weighted by atomic mass is 10.0. The van der Waals surface area contributed by atoms with Crippen molar-refractivity contribution in [2.45, 2.75) is 12.8 Å². The number of rotatable bonds is 3. The number of nitrogens with two attached hydrogens (primary N) is 1. The molecule has 0 aliphatic carbocycles. The zero-order valence-corrected chi connectivity index (χ0v) is 8.92. The smallest absolute Gasteiger partial charge is 0.224 e. The molecule has 86 valence electrons. The Morgan fingerprint density at radius 3 is 3.00 bits per heavy atom. The first kappa shape index (κ1) is 10.8. The Kier molecular flexibility index (Phi) is 2.96.